The first kappa shape index (κ1) is 21.6. The predicted octanol–water partition coefficient (Wildman–Crippen LogP) is 2.76. The van der Waals surface area contributed by atoms with Crippen molar-refractivity contribution in [1.82, 2.24) is 15.0 Å². The van der Waals surface area contributed by atoms with Gasteiger partial charge in [0.15, 0.2) is 11.5 Å². The number of nitrogens with two attached hydrogens (primary N) is 1. The number of anilines is 4. The molecule has 1 saturated heterocycles. The first-order valence-corrected chi connectivity index (χ1v) is 11.5. The molecule has 0 aliphatic carbocycles. The highest BCUT2D eigenvalue weighted by atomic mass is 127. The van der Waals surface area contributed by atoms with E-state index in [1.165, 1.54) is 0 Å². The number of carbonyl (C=O) groups excluding carboxylic acids is 1. The van der Waals surface area contributed by atoms with Gasteiger partial charge in [0.1, 0.15) is 12.4 Å². The van der Waals surface area contributed by atoms with Crippen molar-refractivity contribution in [3.05, 3.63) is 48.5 Å². The van der Waals surface area contributed by atoms with Crippen LogP contribution < -0.4 is 23.8 Å². The van der Waals surface area contributed by atoms with E-state index < -0.39 is 5.91 Å². The van der Waals surface area contributed by atoms with Gasteiger partial charge in [0.25, 0.3) is 5.91 Å². The molecule has 1 fully saturated rings. The summed E-state index contributed by atoms with van der Waals surface area (Å²) in [7, 11) is 0. The van der Waals surface area contributed by atoms with E-state index in [4.69, 9.17) is 15.2 Å². The van der Waals surface area contributed by atoms with Gasteiger partial charge in [0.05, 0.1) is 77.8 Å². The molecule has 3 aromatic rings. The second kappa shape index (κ2) is 9.35. The number of nitrogen functional groups attached to an aromatic ring is 1. The summed E-state index contributed by atoms with van der Waals surface area (Å²) in [5.41, 5.74) is 9.86. The van der Waals surface area contributed by atoms with Gasteiger partial charge < -0.3 is 28.5 Å². The quantitative estimate of drug-likeness (QED) is 0.368. The van der Waals surface area contributed by atoms with Crippen LogP contribution in [-0.4, -0.2) is 60.3 Å². The van der Waals surface area contributed by atoms with Crippen LogP contribution in [0.15, 0.2) is 42.9 Å². The Morgan fingerprint density at radius 1 is 1.09 bits per heavy atom. The molecule has 11 heteroatoms. The zero-order chi connectivity index (χ0) is 22.8. The standard InChI is InChI=1S/C22H22IN7O3/c23-30-7-10-33-19-11-14(1-2-18(19)30)15-13-26-21(24)20(27-15)22(31)28-16-12-25-4-3-17(16)29-5-8-32-9-6-29/h1-4,11-13H,5-10H2,(H2,24,26)(H,28,31). The molecule has 2 aromatic heterocycles. The van der Waals surface area contributed by atoms with Gasteiger partial charge in [-0.2, -0.15) is 0 Å². The maximum absolute atomic E-state index is 13.1. The topological polar surface area (TPSA) is 119 Å². The third-order valence-electron chi connectivity index (χ3n) is 5.48. The number of halogens is 1. The van der Waals surface area contributed by atoms with Crippen molar-refractivity contribution in [2.24, 2.45) is 0 Å². The predicted molar refractivity (Wildman–Crippen MR) is 134 cm³/mol. The second-order valence-electron chi connectivity index (χ2n) is 7.55. The first-order chi connectivity index (χ1) is 16.1. The van der Waals surface area contributed by atoms with Crippen LogP contribution in [0.1, 0.15) is 10.5 Å². The summed E-state index contributed by atoms with van der Waals surface area (Å²) in [5.74, 6) is 0.376. The van der Waals surface area contributed by atoms with Crippen LogP contribution in [0.5, 0.6) is 5.75 Å². The number of nitrogens with one attached hydrogen (secondary N) is 1. The second-order valence-corrected chi connectivity index (χ2v) is 8.72. The van der Waals surface area contributed by atoms with E-state index in [1.54, 1.807) is 18.6 Å². The van der Waals surface area contributed by atoms with Crippen LogP contribution in [0.2, 0.25) is 0 Å². The number of benzene rings is 1. The molecule has 0 spiro atoms. The summed E-state index contributed by atoms with van der Waals surface area (Å²) in [6, 6.07) is 7.67. The van der Waals surface area contributed by atoms with Crippen LogP contribution in [-0.2, 0) is 4.74 Å². The number of nitrogens with zero attached hydrogens (tertiary/aromatic N) is 5. The largest absolute Gasteiger partial charge is 0.489 e. The summed E-state index contributed by atoms with van der Waals surface area (Å²) in [4.78, 5) is 28.2. The Hall–Kier alpha value is -3.19. The molecule has 170 valence electrons. The minimum Gasteiger partial charge on any atom is -0.489 e. The number of hydrogen-bond donors (Lipinski definition) is 2. The Balaban J connectivity index is 1.42. The van der Waals surface area contributed by atoms with E-state index in [0.717, 1.165) is 42.3 Å². The highest BCUT2D eigenvalue weighted by molar-refractivity contribution is 14.1. The molecule has 5 rings (SSSR count). The summed E-state index contributed by atoms with van der Waals surface area (Å²) >= 11 is 2.26. The zero-order valence-electron chi connectivity index (χ0n) is 17.7. The molecule has 2 aliphatic rings. The van der Waals surface area contributed by atoms with E-state index >= 15 is 0 Å². The number of ether oxygens (including phenoxy) is 2. The lowest BCUT2D eigenvalue weighted by atomic mass is 10.1. The lowest BCUT2D eigenvalue weighted by Crippen LogP contribution is -2.36. The van der Waals surface area contributed by atoms with Crippen molar-refractivity contribution in [3.63, 3.8) is 0 Å². The van der Waals surface area contributed by atoms with E-state index in [0.29, 0.717) is 31.2 Å². The van der Waals surface area contributed by atoms with Gasteiger partial charge >= 0.3 is 0 Å². The molecule has 0 radical (unpaired) electrons. The van der Waals surface area contributed by atoms with Crippen molar-refractivity contribution in [3.8, 4) is 17.0 Å². The zero-order valence-corrected chi connectivity index (χ0v) is 19.9. The van der Waals surface area contributed by atoms with Crippen LogP contribution in [0.3, 0.4) is 0 Å². The number of aromatic nitrogens is 3. The number of morpholine rings is 1. The molecule has 4 heterocycles. The van der Waals surface area contributed by atoms with E-state index in [1.807, 2.05) is 24.3 Å². The van der Waals surface area contributed by atoms with Gasteiger partial charge in [-0.1, -0.05) is 6.07 Å². The Kier molecular flexibility index (Phi) is 6.13. The SMILES string of the molecule is Nc1ncc(-c2ccc3c(c2)OCCN3I)nc1C(=O)Nc1cnccc1N1CCOCC1. The molecule has 0 saturated carbocycles. The van der Waals surface area contributed by atoms with Crippen LogP contribution in [0.25, 0.3) is 11.3 Å². The number of pyridine rings is 1. The van der Waals surface area contributed by atoms with Gasteiger partial charge in [-0.05, 0) is 18.2 Å². The smallest absolute Gasteiger partial charge is 0.278 e. The van der Waals surface area contributed by atoms with Crippen molar-refractivity contribution in [2.75, 3.05) is 58.5 Å². The molecule has 0 unspecified atom stereocenters. The summed E-state index contributed by atoms with van der Waals surface area (Å²) in [5, 5.41) is 2.90. The highest BCUT2D eigenvalue weighted by Gasteiger charge is 2.21. The van der Waals surface area contributed by atoms with Crippen molar-refractivity contribution in [1.29, 1.82) is 0 Å². The Morgan fingerprint density at radius 2 is 1.94 bits per heavy atom. The third-order valence-corrected chi connectivity index (χ3v) is 6.48. The van der Waals surface area contributed by atoms with Crippen molar-refractivity contribution >= 4 is 51.7 Å². The Bertz CT molecular complexity index is 1190. The van der Waals surface area contributed by atoms with Crippen LogP contribution in [0.4, 0.5) is 22.9 Å². The van der Waals surface area contributed by atoms with Crippen molar-refractivity contribution in [2.45, 2.75) is 0 Å². The number of amides is 1. The minimum absolute atomic E-state index is 0.0541. The molecular weight excluding hydrogens is 537 g/mol. The van der Waals surface area contributed by atoms with E-state index in [-0.39, 0.29) is 11.5 Å². The van der Waals surface area contributed by atoms with Gasteiger partial charge in [-0.3, -0.25) is 9.78 Å². The molecule has 10 nitrogen and oxygen atoms in total. The molecule has 0 bridgehead atoms. The third kappa shape index (κ3) is 4.50. The lowest BCUT2D eigenvalue weighted by molar-refractivity contribution is 0.102. The fourth-order valence-electron chi connectivity index (χ4n) is 3.80. The summed E-state index contributed by atoms with van der Waals surface area (Å²) in [6.45, 7) is 4.17. The molecule has 3 N–H and O–H groups in total. The van der Waals surface area contributed by atoms with Gasteiger partial charge in [-0.25, -0.2) is 9.97 Å². The number of rotatable bonds is 4. The van der Waals surface area contributed by atoms with Crippen LogP contribution in [0, 0.1) is 0 Å². The number of hydrogen-bond acceptors (Lipinski definition) is 9. The average molecular weight is 559 g/mol. The van der Waals surface area contributed by atoms with E-state index in [9.17, 15) is 4.79 Å². The Labute approximate surface area is 204 Å². The fraction of sp³-hybridized carbons (Fsp3) is 0.273. The highest BCUT2D eigenvalue weighted by Crippen LogP contribution is 2.37. The molecule has 33 heavy (non-hydrogen) atoms. The van der Waals surface area contributed by atoms with Gasteiger partial charge in [0.2, 0.25) is 0 Å². The number of fused-ring (bicyclic) bond motifs is 1. The molecule has 2 aliphatic heterocycles. The molecule has 1 aromatic carbocycles. The Morgan fingerprint density at radius 3 is 2.79 bits per heavy atom. The van der Waals surface area contributed by atoms with E-state index in [2.05, 4.69) is 51.1 Å². The molecule has 1 amide bonds. The maximum Gasteiger partial charge on any atom is 0.278 e. The minimum atomic E-state index is -0.447. The van der Waals surface area contributed by atoms with Gasteiger partial charge in [0, 0.05) is 24.8 Å². The van der Waals surface area contributed by atoms with Crippen molar-refractivity contribution < 1.29 is 14.3 Å². The van der Waals surface area contributed by atoms with Crippen LogP contribution >= 0.6 is 22.9 Å². The normalized spacial score (nSPS) is 15.5. The first-order valence-electron chi connectivity index (χ1n) is 10.5. The number of carbonyl (C=O) groups is 1. The maximum atomic E-state index is 13.1. The van der Waals surface area contributed by atoms with Gasteiger partial charge in [-0.15, -0.1) is 0 Å². The molecule has 0 atom stereocenters. The molecular formula is C22H22IN7O3. The lowest BCUT2D eigenvalue weighted by Gasteiger charge is -2.30. The average Bonchev–Trinajstić information content (AvgIpc) is 2.85. The summed E-state index contributed by atoms with van der Waals surface area (Å²) in [6.07, 6.45) is 4.87. The summed E-state index contributed by atoms with van der Waals surface area (Å²) < 4.78 is 13.3. The fourth-order valence-corrected chi connectivity index (χ4v) is 4.39. The monoisotopic (exact) mass is 559 g/mol.